The first kappa shape index (κ1) is 36.7. The van der Waals surface area contributed by atoms with Crippen molar-refractivity contribution in [3.63, 3.8) is 0 Å². The van der Waals surface area contributed by atoms with Crippen molar-refractivity contribution in [3.8, 4) is 11.5 Å². The molecule has 0 aromatic heterocycles. The number of carbonyl (C=O) groups excluding carboxylic acids is 3. The van der Waals surface area contributed by atoms with Gasteiger partial charge in [0.2, 0.25) is 0 Å². The minimum absolute atomic E-state index is 0.357. The molecule has 0 amide bonds. The molecule has 0 aliphatic rings. The van der Waals surface area contributed by atoms with Crippen molar-refractivity contribution < 1.29 is 33.3 Å². The predicted octanol–water partition coefficient (Wildman–Crippen LogP) is 8.17. The lowest BCUT2D eigenvalue weighted by atomic mass is 10.1. The Labute approximate surface area is 278 Å². The maximum absolute atomic E-state index is 12.4. The van der Waals surface area contributed by atoms with Crippen LogP contribution in [0.1, 0.15) is 104 Å². The van der Waals surface area contributed by atoms with Gasteiger partial charge in [-0.25, -0.2) is 14.4 Å². The topological polar surface area (TPSA) is 140 Å². The summed E-state index contributed by atoms with van der Waals surface area (Å²) in [5, 5.41) is 0. The molecule has 4 N–H and O–H groups in total. The van der Waals surface area contributed by atoms with E-state index in [0.717, 1.165) is 81.9 Å². The summed E-state index contributed by atoms with van der Waals surface area (Å²) in [5.41, 5.74) is 13.9. The van der Waals surface area contributed by atoms with Gasteiger partial charge in [0.25, 0.3) is 0 Å². The summed E-state index contributed by atoms with van der Waals surface area (Å²) in [6.45, 7) is 3.54. The minimum atomic E-state index is -0.495. The smallest absolute Gasteiger partial charge is 0.338 e. The van der Waals surface area contributed by atoms with Gasteiger partial charge in [0.15, 0.2) is 0 Å². The van der Waals surface area contributed by atoms with E-state index >= 15 is 0 Å². The fourth-order valence-electron chi connectivity index (χ4n) is 4.72. The molecule has 47 heavy (non-hydrogen) atoms. The van der Waals surface area contributed by atoms with Gasteiger partial charge < -0.3 is 30.4 Å². The number of ether oxygens (including phenoxy) is 4. The number of carbonyl (C=O) groups is 3. The average molecular weight is 645 g/mol. The third-order valence-corrected chi connectivity index (χ3v) is 7.34. The van der Waals surface area contributed by atoms with Crippen LogP contribution >= 0.6 is 0 Å². The molecule has 0 atom stereocenters. The summed E-state index contributed by atoms with van der Waals surface area (Å²) in [4.78, 5) is 36.7. The Morgan fingerprint density at radius 1 is 0.596 bits per heavy atom. The number of nitrogen functional groups attached to an aromatic ring is 2. The molecule has 3 aromatic rings. The van der Waals surface area contributed by atoms with Crippen LogP contribution in [-0.4, -0.2) is 37.7 Å². The molecule has 0 radical (unpaired) electrons. The number of rotatable bonds is 21. The Balaban J connectivity index is 1.18. The maximum Gasteiger partial charge on any atom is 0.338 e. The molecule has 0 fully saturated rings. The molecule has 0 saturated carbocycles. The van der Waals surface area contributed by atoms with Crippen LogP contribution in [0, 0.1) is 0 Å². The standard InChI is InChI=1S/C38H48N2O7/c1-2-3-23-44-34-18-20-35(21-19-34)47-36(41)22-15-29-13-16-30(17-14-29)37(42)45-24-11-9-7-5-4-6-8-10-12-25-46-38(43)31-26-32(39)28-33(40)27-31/h13-22,26-28H,2-12,23-25,39-40H2,1H3/b22-15+. The summed E-state index contributed by atoms with van der Waals surface area (Å²) in [7, 11) is 0. The molecule has 0 bridgehead atoms. The molecule has 0 aliphatic carbocycles. The van der Waals surface area contributed by atoms with Gasteiger partial charge in [-0.2, -0.15) is 0 Å². The van der Waals surface area contributed by atoms with E-state index in [4.69, 9.17) is 30.4 Å². The summed E-state index contributed by atoms with van der Waals surface area (Å²) < 4.78 is 21.7. The summed E-state index contributed by atoms with van der Waals surface area (Å²) >= 11 is 0. The van der Waals surface area contributed by atoms with Crippen LogP contribution in [0.4, 0.5) is 11.4 Å². The Hall–Kier alpha value is -4.79. The van der Waals surface area contributed by atoms with Crippen molar-refractivity contribution in [2.45, 2.75) is 77.6 Å². The highest BCUT2D eigenvalue weighted by molar-refractivity contribution is 5.92. The molecule has 0 unspecified atom stereocenters. The Kier molecular flexibility index (Phi) is 16.5. The number of hydrogen-bond donors (Lipinski definition) is 2. The quantitative estimate of drug-likeness (QED) is 0.0386. The van der Waals surface area contributed by atoms with E-state index in [0.29, 0.717) is 48.1 Å². The molecule has 3 aromatic carbocycles. The predicted molar refractivity (Wildman–Crippen MR) is 185 cm³/mol. The van der Waals surface area contributed by atoms with Gasteiger partial charge in [-0.15, -0.1) is 0 Å². The number of benzene rings is 3. The molecule has 3 rings (SSSR count). The van der Waals surface area contributed by atoms with E-state index < -0.39 is 11.9 Å². The Bertz CT molecular complexity index is 1400. The van der Waals surface area contributed by atoms with Gasteiger partial charge in [-0.05, 0) is 85.5 Å². The van der Waals surface area contributed by atoms with Gasteiger partial charge in [0.05, 0.1) is 30.9 Å². The Morgan fingerprint density at radius 3 is 1.66 bits per heavy atom. The number of nitrogens with two attached hydrogens (primary N) is 2. The van der Waals surface area contributed by atoms with E-state index in [2.05, 4.69) is 6.92 Å². The fraction of sp³-hybridized carbons (Fsp3) is 0.395. The molecule has 0 heterocycles. The lowest BCUT2D eigenvalue weighted by Crippen LogP contribution is -2.07. The molecular formula is C38H48N2O7. The summed E-state index contributed by atoms with van der Waals surface area (Å²) in [6, 6.07) is 18.6. The van der Waals surface area contributed by atoms with Crippen molar-refractivity contribution >= 4 is 35.4 Å². The first-order valence-corrected chi connectivity index (χ1v) is 16.6. The van der Waals surface area contributed by atoms with E-state index in [-0.39, 0.29) is 5.97 Å². The van der Waals surface area contributed by atoms with Gasteiger partial charge in [0, 0.05) is 17.5 Å². The number of hydrogen-bond acceptors (Lipinski definition) is 9. The number of esters is 3. The van der Waals surface area contributed by atoms with Crippen LogP contribution in [0.15, 0.2) is 72.8 Å². The summed E-state index contributed by atoms with van der Waals surface area (Å²) in [6.07, 6.45) is 14.3. The van der Waals surface area contributed by atoms with Crippen LogP contribution in [0.25, 0.3) is 6.08 Å². The minimum Gasteiger partial charge on any atom is -0.494 e. The van der Waals surface area contributed by atoms with Gasteiger partial charge in [-0.1, -0.05) is 70.4 Å². The second-order valence-corrected chi connectivity index (χ2v) is 11.4. The SMILES string of the molecule is CCCCOc1ccc(OC(=O)/C=C/c2ccc(C(=O)OCCCCCCCCCCCOC(=O)c3cc(N)cc(N)c3)cc2)cc1. The Morgan fingerprint density at radius 2 is 1.11 bits per heavy atom. The van der Waals surface area contributed by atoms with Gasteiger partial charge >= 0.3 is 17.9 Å². The molecule has 0 aliphatic heterocycles. The van der Waals surface area contributed by atoms with Crippen molar-refractivity contribution in [3.05, 3.63) is 89.5 Å². The van der Waals surface area contributed by atoms with Crippen molar-refractivity contribution in [1.82, 2.24) is 0 Å². The first-order valence-electron chi connectivity index (χ1n) is 16.6. The monoisotopic (exact) mass is 644 g/mol. The zero-order valence-electron chi connectivity index (χ0n) is 27.4. The molecule has 9 nitrogen and oxygen atoms in total. The molecular weight excluding hydrogens is 596 g/mol. The third-order valence-electron chi connectivity index (χ3n) is 7.34. The second kappa shape index (κ2) is 21.1. The second-order valence-electron chi connectivity index (χ2n) is 11.4. The van der Waals surface area contributed by atoms with E-state index in [1.165, 1.54) is 6.08 Å². The van der Waals surface area contributed by atoms with Crippen molar-refractivity contribution in [1.29, 1.82) is 0 Å². The molecule has 9 heteroatoms. The lowest BCUT2D eigenvalue weighted by Gasteiger charge is -2.07. The van der Waals surface area contributed by atoms with E-state index in [9.17, 15) is 14.4 Å². The summed E-state index contributed by atoms with van der Waals surface area (Å²) in [5.74, 6) is -0.0725. The normalized spacial score (nSPS) is 10.9. The molecule has 252 valence electrons. The van der Waals surface area contributed by atoms with Crippen LogP contribution in [-0.2, 0) is 14.3 Å². The average Bonchev–Trinajstić information content (AvgIpc) is 3.06. The molecule has 0 saturated heterocycles. The highest BCUT2D eigenvalue weighted by Gasteiger charge is 2.09. The number of anilines is 2. The van der Waals surface area contributed by atoms with Crippen LogP contribution in [0.5, 0.6) is 11.5 Å². The zero-order chi connectivity index (χ0) is 33.7. The molecule has 0 spiro atoms. The van der Waals surface area contributed by atoms with Crippen LogP contribution in [0.2, 0.25) is 0 Å². The largest absolute Gasteiger partial charge is 0.494 e. The van der Waals surface area contributed by atoms with Gasteiger partial charge in [0.1, 0.15) is 11.5 Å². The zero-order valence-corrected chi connectivity index (χ0v) is 27.4. The van der Waals surface area contributed by atoms with E-state index in [1.807, 2.05) is 0 Å². The first-order chi connectivity index (χ1) is 22.8. The highest BCUT2D eigenvalue weighted by atomic mass is 16.5. The highest BCUT2D eigenvalue weighted by Crippen LogP contribution is 2.19. The lowest BCUT2D eigenvalue weighted by molar-refractivity contribution is -0.128. The van der Waals surface area contributed by atoms with Crippen LogP contribution < -0.4 is 20.9 Å². The fourth-order valence-corrected chi connectivity index (χ4v) is 4.72. The van der Waals surface area contributed by atoms with E-state index in [1.54, 1.807) is 72.8 Å². The van der Waals surface area contributed by atoms with Gasteiger partial charge in [-0.3, -0.25) is 0 Å². The third kappa shape index (κ3) is 14.9. The van der Waals surface area contributed by atoms with Crippen molar-refractivity contribution in [2.24, 2.45) is 0 Å². The van der Waals surface area contributed by atoms with Crippen LogP contribution in [0.3, 0.4) is 0 Å². The van der Waals surface area contributed by atoms with Crippen molar-refractivity contribution in [2.75, 3.05) is 31.3 Å². The maximum atomic E-state index is 12.4. The number of unbranched alkanes of at least 4 members (excludes halogenated alkanes) is 9.